The number of aliphatic carboxylic acids is 1. The Morgan fingerprint density at radius 2 is 1.80 bits per heavy atom. The van der Waals surface area contributed by atoms with Crippen LogP contribution in [0.1, 0.15) is 0 Å². The Kier molecular flexibility index (Phi) is 9.84. The number of carboxylic acids is 1. The summed E-state index contributed by atoms with van der Waals surface area (Å²) in [5.74, 6) is -4.68. The monoisotopic (exact) mass is 697 g/mol. The summed E-state index contributed by atoms with van der Waals surface area (Å²) >= 11 is 0. The summed E-state index contributed by atoms with van der Waals surface area (Å²) in [6.45, 7) is -4.40. The van der Waals surface area contributed by atoms with E-state index in [0.29, 0.717) is 0 Å². The molecule has 0 saturated carbocycles. The van der Waals surface area contributed by atoms with Gasteiger partial charge in [0.1, 0.15) is 18.5 Å². The fourth-order valence-electron chi connectivity index (χ4n) is 4.95. The fraction of sp³-hybridized carbons (Fsp3) is 0.647. The zero-order valence-electron chi connectivity index (χ0n) is 21.9. The number of rotatable bonds is 12. The van der Waals surface area contributed by atoms with Gasteiger partial charge in [-0.3, -0.25) is 14.4 Å². The van der Waals surface area contributed by atoms with Crippen LogP contribution in [0.5, 0.6) is 0 Å². The first kappa shape index (κ1) is 35.0. The van der Waals surface area contributed by atoms with Crippen LogP contribution in [0.2, 0.25) is 0 Å². The zero-order chi connectivity index (χ0) is 32.9. The lowest BCUT2D eigenvalue weighted by atomic mass is 10.1. The van der Waals surface area contributed by atoms with Gasteiger partial charge in [-0.05, 0) is 0 Å². The molecular weight excluding hydrogens is 669 g/mol. The van der Waals surface area contributed by atoms with E-state index in [1.165, 1.54) is 0 Å². The van der Waals surface area contributed by atoms with Crippen molar-refractivity contribution < 1.29 is 86.2 Å². The molecule has 44 heavy (non-hydrogen) atoms. The van der Waals surface area contributed by atoms with Gasteiger partial charge in [-0.25, -0.2) is 23.2 Å². The standard InChI is InChI=1S/C17H27N6O18P3/c18-14-11-15(20-6-19-14)23(7-21-11,16-13(29)12(28)8(3-24)37-16)9-1-22(2-10(26)27)4-17(5-25,38-9)39-43(33,34)41-44(35,36)40-42(30,31)32/h6-9,12-13,16,24-25,28-29H,1-5H2,(H6-,18,19,20,26,27,30,31,32,33,34,35,36)/p+1/t8-,9?,12-,13-,16-,17?,23?/m1/s1. The lowest BCUT2D eigenvalue weighted by Crippen LogP contribution is -2.73. The van der Waals surface area contributed by atoms with Crippen molar-refractivity contribution >= 4 is 53.1 Å². The highest BCUT2D eigenvalue weighted by molar-refractivity contribution is 7.66. The van der Waals surface area contributed by atoms with Crippen LogP contribution in [0.25, 0.3) is 0 Å². The highest BCUT2D eigenvalue weighted by Gasteiger charge is 2.65. The molecule has 3 aliphatic rings. The number of fused-ring (bicyclic) bond motifs is 1. The van der Waals surface area contributed by atoms with E-state index in [4.69, 9.17) is 29.5 Å². The Morgan fingerprint density at radius 3 is 2.36 bits per heavy atom. The second-order valence-electron chi connectivity index (χ2n) is 9.63. The van der Waals surface area contributed by atoms with Crippen molar-refractivity contribution in [3.8, 4) is 0 Å². The Balaban J connectivity index is 1.81. The molecule has 0 aromatic carbocycles. The third kappa shape index (κ3) is 7.08. The maximum absolute atomic E-state index is 12.8. The van der Waals surface area contributed by atoms with E-state index in [1.807, 2.05) is 0 Å². The van der Waals surface area contributed by atoms with Gasteiger partial charge in [-0.1, -0.05) is 0 Å². The van der Waals surface area contributed by atoms with Crippen LogP contribution >= 0.6 is 23.5 Å². The number of nitrogen functional groups attached to an aromatic ring is 1. The third-order valence-corrected chi connectivity index (χ3v) is 10.4. The van der Waals surface area contributed by atoms with Crippen molar-refractivity contribution in [3.05, 3.63) is 6.33 Å². The van der Waals surface area contributed by atoms with Crippen molar-refractivity contribution in [2.24, 2.45) is 4.99 Å². The average molecular weight is 697 g/mol. The molecule has 0 amide bonds. The summed E-state index contributed by atoms with van der Waals surface area (Å²) in [4.78, 5) is 62.2. The largest absolute Gasteiger partial charge is 0.490 e. The molecule has 1 aromatic heterocycles. The van der Waals surface area contributed by atoms with Gasteiger partial charge in [0.25, 0.3) is 5.82 Å². The summed E-state index contributed by atoms with van der Waals surface area (Å²) in [5.41, 5.74) is 5.82. The normalized spacial score (nSPS) is 35.2. The first-order chi connectivity index (χ1) is 20.3. The number of carboxylic acid groups (broad SMARTS) is 1. The molecule has 248 valence electrons. The van der Waals surface area contributed by atoms with E-state index in [2.05, 4.69) is 23.6 Å². The van der Waals surface area contributed by atoms with Crippen LogP contribution < -0.4 is 10.2 Å². The number of hydrogen-bond acceptors (Lipinski definition) is 18. The first-order valence-electron chi connectivity index (χ1n) is 12.0. The second kappa shape index (κ2) is 12.4. The van der Waals surface area contributed by atoms with Crippen molar-refractivity contribution in [1.82, 2.24) is 19.4 Å². The van der Waals surface area contributed by atoms with E-state index >= 15 is 0 Å². The fourth-order valence-corrected chi connectivity index (χ4v) is 8.17. The number of carbonyl (C=O) groups is 1. The molecule has 0 spiro atoms. The number of nitrogens with zero attached hydrogens (tertiary/aromatic N) is 5. The summed E-state index contributed by atoms with van der Waals surface area (Å²) in [6, 6.07) is 0. The Labute approximate surface area is 245 Å². The first-order valence-corrected chi connectivity index (χ1v) is 16.5. The van der Waals surface area contributed by atoms with Crippen LogP contribution in [-0.2, 0) is 41.1 Å². The maximum atomic E-state index is 12.8. The van der Waals surface area contributed by atoms with Crippen molar-refractivity contribution in [3.63, 3.8) is 0 Å². The number of quaternary nitrogens is 1. The lowest BCUT2D eigenvalue weighted by Gasteiger charge is -2.50. The van der Waals surface area contributed by atoms with Gasteiger partial charge in [0, 0.05) is 0 Å². The van der Waals surface area contributed by atoms with E-state index in [1.54, 1.807) is 0 Å². The molecule has 11 N–H and O–H groups in total. The molecule has 5 unspecified atom stereocenters. The van der Waals surface area contributed by atoms with Crippen molar-refractivity contribution in [1.29, 1.82) is 0 Å². The average Bonchev–Trinajstić information content (AvgIpc) is 3.40. The van der Waals surface area contributed by atoms with Crippen LogP contribution in [0.4, 0.5) is 17.3 Å². The highest BCUT2D eigenvalue weighted by Crippen LogP contribution is 2.67. The number of phosphoric ester groups is 1. The summed E-state index contributed by atoms with van der Waals surface area (Å²) in [7, 11) is -17.8. The van der Waals surface area contributed by atoms with E-state index in [9.17, 15) is 53.8 Å². The number of phosphoric acid groups is 3. The quantitative estimate of drug-likeness (QED) is 0.0740. The van der Waals surface area contributed by atoms with Gasteiger partial charge in [0.05, 0.1) is 32.8 Å². The van der Waals surface area contributed by atoms with Crippen LogP contribution in [0.15, 0.2) is 11.3 Å². The minimum Gasteiger partial charge on any atom is -0.480 e. The number of hydrogen-bond donors (Lipinski definition) is 10. The molecule has 4 rings (SSSR count). The van der Waals surface area contributed by atoms with E-state index < -0.39 is 103 Å². The molecule has 27 heteroatoms. The number of ether oxygens (including phenoxy) is 2. The molecule has 2 saturated heterocycles. The molecular formula is C17H28N6O18P3+. The molecule has 1 aromatic rings. The van der Waals surface area contributed by atoms with Crippen molar-refractivity contribution in [2.45, 2.75) is 36.6 Å². The molecule has 24 nitrogen and oxygen atoms in total. The second-order valence-corrected chi connectivity index (χ2v) is 14.0. The number of aliphatic hydroxyl groups excluding tert-OH is 4. The molecule has 0 radical (unpaired) electrons. The summed E-state index contributed by atoms with van der Waals surface area (Å²) in [5, 5.41) is 51.0. The molecule has 4 heterocycles. The number of anilines is 1. The Bertz CT molecular complexity index is 1450. The molecule has 0 bridgehead atoms. The van der Waals surface area contributed by atoms with Gasteiger partial charge < -0.3 is 55.6 Å². The number of aromatic nitrogens is 2. The van der Waals surface area contributed by atoms with Gasteiger partial charge in [0.2, 0.25) is 24.6 Å². The van der Waals surface area contributed by atoms with Crippen LogP contribution in [0.3, 0.4) is 0 Å². The van der Waals surface area contributed by atoms with Crippen LogP contribution in [-0.4, -0.2) is 142 Å². The van der Waals surface area contributed by atoms with Gasteiger partial charge in [0.15, 0.2) is 17.6 Å². The Hall–Kier alpha value is -1.89. The number of morpholine rings is 1. The topological polar surface area (TPSA) is 364 Å². The summed E-state index contributed by atoms with van der Waals surface area (Å²) in [6.07, 6.45) is -6.28. The number of aliphatic hydroxyl groups is 4. The lowest BCUT2D eigenvalue weighted by molar-refractivity contribution is -0.300. The van der Waals surface area contributed by atoms with Crippen molar-refractivity contribution in [2.75, 3.05) is 38.6 Å². The number of aliphatic imine (C=N–C) groups is 1. The van der Waals surface area contributed by atoms with E-state index in [-0.39, 0.29) is 17.3 Å². The van der Waals surface area contributed by atoms with E-state index in [0.717, 1.165) is 17.6 Å². The molecule has 0 aliphatic carbocycles. The minimum atomic E-state index is -6.03. The zero-order valence-corrected chi connectivity index (χ0v) is 24.6. The molecule has 3 aliphatic heterocycles. The predicted molar refractivity (Wildman–Crippen MR) is 138 cm³/mol. The smallest absolute Gasteiger partial charge is 0.480 e. The maximum Gasteiger partial charge on any atom is 0.490 e. The van der Waals surface area contributed by atoms with Gasteiger partial charge in [-0.2, -0.15) is 23.1 Å². The molecule has 9 atom stereocenters. The van der Waals surface area contributed by atoms with Gasteiger partial charge >= 0.3 is 29.4 Å². The van der Waals surface area contributed by atoms with Gasteiger partial charge in [-0.15, -0.1) is 0 Å². The highest BCUT2D eigenvalue weighted by atomic mass is 31.3. The minimum absolute atomic E-state index is 0.105. The number of nitrogens with two attached hydrogens (primary N) is 1. The molecule has 2 fully saturated rings. The Morgan fingerprint density at radius 1 is 1.11 bits per heavy atom. The predicted octanol–water partition coefficient (Wildman–Crippen LogP) is -3.75. The SMILES string of the molecule is Nc1ncnc2c1N=C[N+]2(C1CN(CC(=O)O)CC(CO)(OP(=O)(O)OP(=O)(O)OP(=O)(O)O)O1)[C@@H]1O[C@H](CO)[C@@H](O)[C@H]1O. The summed E-state index contributed by atoms with van der Waals surface area (Å²) < 4.78 is 58.6. The third-order valence-electron chi connectivity index (χ3n) is 6.52. The van der Waals surface area contributed by atoms with Crippen LogP contribution in [0, 0.1) is 0 Å².